The Balaban J connectivity index is 2.37. The van der Waals surface area contributed by atoms with Crippen molar-refractivity contribution in [3.63, 3.8) is 0 Å². The quantitative estimate of drug-likeness (QED) is 0.658. The van der Waals surface area contributed by atoms with E-state index in [1.807, 2.05) is 25.2 Å². The minimum absolute atomic E-state index is 0.824. The molecule has 0 fully saturated rings. The number of rotatable bonds is 9. The highest BCUT2D eigenvalue weighted by Gasteiger charge is 2.04. The molecule has 2 N–H and O–H groups in total. The fraction of sp³-hybridized carbons (Fsp3) is 0.571. The molecule has 0 saturated heterocycles. The van der Waals surface area contributed by atoms with Crippen LogP contribution in [0.3, 0.4) is 0 Å². The highest BCUT2D eigenvalue weighted by molar-refractivity contribution is 5.40. The van der Waals surface area contributed by atoms with Crippen LogP contribution in [-0.2, 0) is 6.54 Å². The smallest absolute Gasteiger partial charge is 0.127 e. The number of hydrogen-bond acceptors (Lipinski definition) is 4. The summed E-state index contributed by atoms with van der Waals surface area (Å²) < 4.78 is 10.5. The highest BCUT2D eigenvalue weighted by Crippen LogP contribution is 2.24. The fourth-order valence-electron chi connectivity index (χ4n) is 1.77. The lowest BCUT2D eigenvalue weighted by Crippen LogP contribution is -2.17. The molecule has 0 aliphatic heterocycles. The van der Waals surface area contributed by atoms with Gasteiger partial charge in [0.25, 0.3) is 0 Å². The van der Waals surface area contributed by atoms with E-state index in [0.717, 1.165) is 36.7 Å². The first-order chi connectivity index (χ1) is 8.81. The first-order valence-electron chi connectivity index (χ1n) is 6.38. The van der Waals surface area contributed by atoms with Crippen LogP contribution in [0.2, 0.25) is 0 Å². The van der Waals surface area contributed by atoms with Gasteiger partial charge in [-0.05, 0) is 39.0 Å². The van der Waals surface area contributed by atoms with Crippen LogP contribution in [0.4, 0.5) is 0 Å². The summed E-state index contributed by atoms with van der Waals surface area (Å²) in [6.07, 6.45) is 2.38. The summed E-state index contributed by atoms with van der Waals surface area (Å²) >= 11 is 0. The molecule has 0 amide bonds. The van der Waals surface area contributed by atoms with Crippen LogP contribution in [0.5, 0.6) is 11.5 Å². The van der Waals surface area contributed by atoms with Gasteiger partial charge >= 0.3 is 0 Å². The normalized spacial score (nSPS) is 10.4. The molecule has 0 unspecified atom stereocenters. The lowest BCUT2D eigenvalue weighted by atomic mass is 10.2. The third-order valence-corrected chi connectivity index (χ3v) is 2.84. The summed E-state index contributed by atoms with van der Waals surface area (Å²) in [7, 11) is 5.33. The van der Waals surface area contributed by atoms with E-state index in [1.165, 1.54) is 12.8 Å². The molecule has 0 saturated carbocycles. The third kappa shape index (κ3) is 4.94. The van der Waals surface area contributed by atoms with Crippen LogP contribution in [0.15, 0.2) is 18.2 Å². The largest absolute Gasteiger partial charge is 0.497 e. The van der Waals surface area contributed by atoms with E-state index in [4.69, 9.17) is 9.47 Å². The topological polar surface area (TPSA) is 42.5 Å². The molecule has 4 nitrogen and oxygen atoms in total. The zero-order chi connectivity index (χ0) is 13.2. The monoisotopic (exact) mass is 252 g/mol. The van der Waals surface area contributed by atoms with Crippen molar-refractivity contribution in [2.75, 3.05) is 34.4 Å². The summed E-state index contributed by atoms with van der Waals surface area (Å²) in [6, 6.07) is 5.91. The maximum absolute atomic E-state index is 5.35. The van der Waals surface area contributed by atoms with Gasteiger partial charge in [0.1, 0.15) is 11.5 Å². The summed E-state index contributed by atoms with van der Waals surface area (Å²) in [4.78, 5) is 0. The van der Waals surface area contributed by atoms with Crippen LogP contribution >= 0.6 is 0 Å². The van der Waals surface area contributed by atoms with Gasteiger partial charge in [-0.25, -0.2) is 0 Å². The number of methoxy groups -OCH3 is 2. The van der Waals surface area contributed by atoms with Crippen molar-refractivity contribution in [2.45, 2.75) is 19.4 Å². The maximum Gasteiger partial charge on any atom is 0.127 e. The Hall–Kier alpha value is -1.26. The van der Waals surface area contributed by atoms with Crippen LogP contribution in [0.25, 0.3) is 0 Å². The van der Waals surface area contributed by atoms with E-state index < -0.39 is 0 Å². The molecule has 0 atom stereocenters. The minimum atomic E-state index is 0.824. The molecule has 1 aromatic carbocycles. The summed E-state index contributed by atoms with van der Waals surface area (Å²) in [5.74, 6) is 1.70. The average Bonchev–Trinajstić information content (AvgIpc) is 2.42. The van der Waals surface area contributed by atoms with Crippen molar-refractivity contribution in [3.8, 4) is 11.5 Å². The molecule has 1 aromatic rings. The second-order valence-electron chi connectivity index (χ2n) is 4.17. The molecule has 102 valence electrons. The van der Waals surface area contributed by atoms with E-state index in [1.54, 1.807) is 14.2 Å². The van der Waals surface area contributed by atoms with Crippen LogP contribution in [-0.4, -0.2) is 34.4 Å². The van der Waals surface area contributed by atoms with Crippen LogP contribution in [0.1, 0.15) is 18.4 Å². The van der Waals surface area contributed by atoms with Crippen molar-refractivity contribution in [2.24, 2.45) is 0 Å². The molecule has 1 rings (SSSR count). The van der Waals surface area contributed by atoms with Crippen molar-refractivity contribution >= 4 is 0 Å². The van der Waals surface area contributed by atoms with Gasteiger partial charge in [-0.1, -0.05) is 6.07 Å². The second-order valence-corrected chi connectivity index (χ2v) is 4.17. The Morgan fingerprint density at radius 3 is 2.50 bits per heavy atom. The molecule has 0 spiro atoms. The van der Waals surface area contributed by atoms with E-state index in [-0.39, 0.29) is 0 Å². The molecular formula is C14H24N2O2. The molecule has 0 radical (unpaired) electrons. The van der Waals surface area contributed by atoms with Crippen LogP contribution < -0.4 is 20.1 Å². The summed E-state index contributed by atoms with van der Waals surface area (Å²) in [5, 5.41) is 6.57. The predicted octanol–water partition coefficient (Wildman–Crippen LogP) is 1.79. The Morgan fingerprint density at radius 2 is 1.83 bits per heavy atom. The summed E-state index contributed by atoms with van der Waals surface area (Å²) in [6.45, 7) is 2.93. The number of benzene rings is 1. The second kappa shape index (κ2) is 8.78. The standard InChI is InChI=1S/C14H24N2O2/c1-15-8-4-5-9-16-11-12-6-7-13(17-2)10-14(12)18-3/h6-7,10,15-16H,4-5,8-9,11H2,1-3H3. The van der Waals surface area contributed by atoms with Gasteiger partial charge in [-0.15, -0.1) is 0 Å². The third-order valence-electron chi connectivity index (χ3n) is 2.84. The lowest BCUT2D eigenvalue weighted by molar-refractivity contribution is 0.389. The van der Waals surface area contributed by atoms with E-state index in [0.29, 0.717) is 0 Å². The van der Waals surface area contributed by atoms with E-state index >= 15 is 0 Å². The molecule has 0 bridgehead atoms. The van der Waals surface area contributed by atoms with Gasteiger partial charge in [0.2, 0.25) is 0 Å². The fourth-order valence-corrected chi connectivity index (χ4v) is 1.77. The molecule has 0 aromatic heterocycles. The van der Waals surface area contributed by atoms with Gasteiger partial charge in [0, 0.05) is 18.2 Å². The molecule has 0 aliphatic rings. The minimum Gasteiger partial charge on any atom is -0.497 e. The first-order valence-corrected chi connectivity index (χ1v) is 6.38. The highest BCUT2D eigenvalue weighted by atomic mass is 16.5. The van der Waals surface area contributed by atoms with Gasteiger partial charge in [0.05, 0.1) is 14.2 Å². The van der Waals surface area contributed by atoms with Crippen molar-refractivity contribution < 1.29 is 9.47 Å². The number of unbranched alkanes of at least 4 members (excludes halogenated alkanes) is 1. The van der Waals surface area contributed by atoms with Gasteiger partial charge < -0.3 is 20.1 Å². The Bertz CT molecular complexity index is 343. The Labute approximate surface area is 110 Å². The summed E-state index contributed by atoms with van der Waals surface area (Å²) in [5.41, 5.74) is 1.16. The van der Waals surface area contributed by atoms with Gasteiger partial charge in [-0.2, -0.15) is 0 Å². The van der Waals surface area contributed by atoms with Crippen LogP contribution in [0, 0.1) is 0 Å². The first kappa shape index (κ1) is 14.8. The molecular weight excluding hydrogens is 228 g/mol. The van der Waals surface area contributed by atoms with Crippen molar-refractivity contribution in [3.05, 3.63) is 23.8 Å². The maximum atomic E-state index is 5.35. The number of nitrogens with one attached hydrogen (secondary N) is 2. The Kier molecular flexibility index (Phi) is 7.22. The molecule has 18 heavy (non-hydrogen) atoms. The molecule has 0 aliphatic carbocycles. The van der Waals surface area contributed by atoms with E-state index in [9.17, 15) is 0 Å². The van der Waals surface area contributed by atoms with E-state index in [2.05, 4.69) is 10.6 Å². The predicted molar refractivity (Wildman–Crippen MR) is 74.4 cm³/mol. The van der Waals surface area contributed by atoms with Crippen molar-refractivity contribution in [1.82, 2.24) is 10.6 Å². The van der Waals surface area contributed by atoms with Gasteiger partial charge in [0.15, 0.2) is 0 Å². The number of hydrogen-bond donors (Lipinski definition) is 2. The molecule has 4 heteroatoms. The van der Waals surface area contributed by atoms with Gasteiger partial charge in [-0.3, -0.25) is 0 Å². The SMILES string of the molecule is CNCCCCNCc1ccc(OC)cc1OC. The van der Waals surface area contributed by atoms with Crippen molar-refractivity contribution in [1.29, 1.82) is 0 Å². The molecule has 0 heterocycles. The Morgan fingerprint density at radius 1 is 1.06 bits per heavy atom. The lowest BCUT2D eigenvalue weighted by Gasteiger charge is -2.11. The zero-order valence-corrected chi connectivity index (χ0v) is 11.6. The number of ether oxygens (including phenoxy) is 2. The zero-order valence-electron chi connectivity index (χ0n) is 11.6. The average molecular weight is 252 g/mol.